The Morgan fingerprint density at radius 3 is 2.56 bits per heavy atom. The molecule has 10 heteroatoms. The summed E-state index contributed by atoms with van der Waals surface area (Å²) in [5.41, 5.74) is 1.74. The predicted octanol–water partition coefficient (Wildman–Crippen LogP) is 3.23. The van der Waals surface area contributed by atoms with Gasteiger partial charge in [-0.2, -0.15) is 4.31 Å². The molecule has 178 valence electrons. The summed E-state index contributed by atoms with van der Waals surface area (Å²) in [5, 5.41) is 9.41. The molecule has 2 aliphatic rings. The van der Waals surface area contributed by atoms with E-state index in [1.54, 1.807) is 18.2 Å². The molecular weight excluding hydrogens is 472 g/mol. The normalized spacial score (nSPS) is 19.5. The molecule has 0 radical (unpaired) electrons. The Kier molecular flexibility index (Phi) is 6.82. The lowest BCUT2D eigenvalue weighted by atomic mass is 10.2. The van der Waals surface area contributed by atoms with Gasteiger partial charge in [0.1, 0.15) is 5.78 Å². The van der Waals surface area contributed by atoms with E-state index in [2.05, 4.69) is 10.2 Å². The maximum atomic E-state index is 13.2. The fourth-order valence-electron chi connectivity index (χ4n) is 4.27. The molecule has 2 aromatic carbocycles. The number of thioether (sulfide) groups is 1. The summed E-state index contributed by atoms with van der Waals surface area (Å²) < 4.78 is 35.1. The van der Waals surface area contributed by atoms with Crippen molar-refractivity contribution < 1.29 is 17.9 Å². The second-order valence-electron chi connectivity index (χ2n) is 8.39. The summed E-state index contributed by atoms with van der Waals surface area (Å²) in [6, 6.07) is 16.8. The van der Waals surface area contributed by atoms with E-state index in [9.17, 15) is 13.2 Å². The fourth-order valence-corrected chi connectivity index (χ4v) is 6.87. The van der Waals surface area contributed by atoms with Crippen LogP contribution in [-0.2, 0) is 26.1 Å². The van der Waals surface area contributed by atoms with Crippen LogP contribution in [0.1, 0.15) is 24.8 Å². The van der Waals surface area contributed by atoms with Crippen molar-refractivity contribution >= 4 is 27.6 Å². The van der Waals surface area contributed by atoms with Gasteiger partial charge >= 0.3 is 0 Å². The number of hydrogen-bond donors (Lipinski definition) is 0. The lowest BCUT2D eigenvalue weighted by molar-refractivity contribution is -0.116. The topological polar surface area (TPSA) is 94.4 Å². The van der Waals surface area contributed by atoms with Gasteiger partial charge in [0.25, 0.3) is 0 Å². The standard InChI is InChI=1S/C24H26N4O4S2/c29-21-10-5-11-22(21)33-24-26-25-23(28(24)17-18-6-2-1-3-7-18)19-8-4-9-20(16-19)34(30,31)27-12-14-32-15-13-27/h1-4,6-9,16,22H,5,10-15,17H2. The van der Waals surface area contributed by atoms with Crippen molar-refractivity contribution in [2.24, 2.45) is 0 Å². The number of ketones is 1. The van der Waals surface area contributed by atoms with Crippen molar-refractivity contribution in [3.05, 3.63) is 60.2 Å². The lowest BCUT2D eigenvalue weighted by Crippen LogP contribution is -2.40. The number of morpholine rings is 1. The molecule has 5 rings (SSSR count). The first-order valence-electron chi connectivity index (χ1n) is 11.4. The largest absolute Gasteiger partial charge is 0.379 e. The molecular formula is C24H26N4O4S2. The number of Topliss-reactive ketones (excluding diaryl/α,β-unsaturated/α-hetero) is 1. The monoisotopic (exact) mass is 498 g/mol. The maximum Gasteiger partial charge on any atom is 0.243 e. The fraction of sp³-hybridized carbons (Fsp3) is 0.375. The first-order valence-corrected chi connectivity index (χ1v) is 13.7. The van der Waals surface area contributed by atoms with Crippen LogP contribution in [0.2, 0.25) is 0 Å². The first-order chi connectivity index (χ1) is 16.5. The van der Waals surface area contributed by atoms with Crippen LogP contribution in [-0.4, -0.2) is 64.8 Å². The van der Waals surface area contributed by atoms with E-state index < -0.39 is 10.0 Å². The van der Waals surface area contributed by atoms with Crippen molar-refractivity contribution in [3.8, 4) is 11.4 Å². The van der Waals surface area contributed by atoms with Gasteiger partial charge in [-0.05, 0) is 30.5 Å². The maximum absolute atomic E-state index is 13.2. The van der Waals surface area contributed by atoms with Gasteiger partial charge < -0.3 is 4.74 Å². The van der Waals surface area contributed by atoms with Gasteiger partial charge in [0.2, 0.25) is 10.0 Å². The van der Waals surface area contributed by atoms with Crippen molar-refractivity contribution in [3.63, 3.8) is 0 Å². The zero-order valence-electron chi connectivity index (χ0n) is 18.7. The number of ether oxygens (including phenoxy) is 1. The van der Waals surface area contributed by atoms with Gasteiger partial charge in [0.05, 0.1) is 29.9 Å². The minimum absolute atomic E-state index is 0.111. The summed E-state index contributed by atoms with van der Waals surface area (Å²) in [7, 11) is -3.64. The molecule has 8 nitrogen and oxygen atoms in total. The van der Waals surface area contributed by atoms with E-state index in [1.165, 1.54) is 16.1 Å². The molecule has 1 aliphatic carbocycles. The Bertz CT molecular complexity index is 1270. The molecule has 1 saturated heterocycles. The highest BCUT2D eigenvalue weighted by atomic mass is 32.2. The molecule has 1 atom stereocenters. The van der Waals surface area contributed by atoms with Crippen LogP contribution >= 0.6 is 11.8 Å². The molecule has 0 spiro atoms. The molecule has 34 heavy (non-hydrogen) atoms. The average Bonchev–Trinajstić information content (AvgIpc) is 3.46. The minimum Gasteiger partial charge on any atom is -0.379 e. The van der Waals surface area contributed by atoms with Gasteiger partial charge in [-0.3, -0.25) is 9.36 Å². The first kappa shape index (κ1) is 23.2. The highest BCUT2D eigenvalue weighted by molar-refractivity contribution is 8.00. The van der Waals surface area contributed by atoms with Gasteiger partial charge in [-0.25, -0.2) is 8.42 Å². The molecule has 2 heterocycles. The van der Waals surface area contributed by atoms with E-state index >= 15 is 0 Å². The second-order valence-corrected chi connectivity index (χ2v) is 11.5. The zero-order valence-corrected chi connectivity index (χ0v) is 20.3. The van der Waals surface area contributed by atoms with Crippen molar-refractivity contribution in [2.75, 3.05) is 26.3 Å². The highest BCUT2D eigenvalue weighted by Gasteiger charge is 2.29. The summed E-state index contributed by atoms with van der Waals surface area (Å²) in [4.78, 5) is 12.5. The Balaban J connectivity index is 1.51. The van der Waals surface area contributed by atoms with E-state index in [0.717, 1.165) is 18.4 Å². The van der Waals surface area contributed by atoms with Gasteiger partial charge in [-0.1, -0.05) is 54.2 Å². The number of hydrogen-bond acceptors (Lipinski definition) is 7. The molecule has 0 N–H and O–H groups in total. The van der Waals surface area contributed by atoms with E-state index in [-0.39, 0.29) is 15.9 Å². The minimum atomic E-state index is -3.64. The number of aromatic nitrogens is 3. The van der Waals surface area contributed by atoms with Gasteiger partial charge in [-0.15, -0.1) is 10.2 Å². The van der Waals surface area contributed by atoms with Crippen molar-refractivity contribution in [2.45, 2.75) is 41.1 Å². The van der Waals surface area contributed by atoms with Gasteiger partial charge in [0, 0.05) is 25.1 Å². The highest BCUT2D eigenvalue weighted by Crippen LogP contribution is 2.34. The van der Waals surface area contributed by atoms with Crippen LogP contribution in [0.15, 0.2) is 64.6 Å². The van der Waals surface area contributed by atoms with Crippen LogP contribution in [0.3, 0.4) is 0 Å². The average molecular weight is 499 g/mol. The lowest BCUT2D eigenvalue weighted by Gasteiger charge is -2.26. The zero-order chi connectivity index (χ0) is 23.5. The number of sulfonamides is 1. The number of carbonyl (C=O) groups excluding carboxylic acids is 1. The molecule has 2 fully saturated rings. The summed E-state index contributed by atoms with van der Waals surface area (Å²) in [5.74, 6) is 0.829. The number of benzene rings is 2. The quantitative estimate of drug-likeness (QED) is 0.494. The van der Waals surface area contributed by atoms with Gasteiger partial charge in [0.15, 0.2) is 11.0 Å². The Hall–Kier alpha value is -2.53. The Morgan fingerprint density at radius 2 is 1.82 bits per heavy atom. The molecule has 1 unspecified atom stereocenters. The van der Waals surface area contributed by atoms with Crippen LogP contribution in [0, 0.1) is 0 Å². The molecule has 3 aromatic rings. The molecule has 0 amide bonds. The van der Waals surface area contributed by atoms with Crippen LogP contribution < -0.4 is 0 Å². The van der Waals surface area contributed by atoms with Crippen molar-refractivity contribution in [1.29, 1.82) is 0 Å². The van der Waals surface area contributed by atoms with E-state index in [4.69, 9.17) is 4.74 Å². The van der Waals surface area contributed by atoms with Crippen LogP contribution in [0.4, 0.5) is 0 Å². The molecule has 1 aliphatic heterocycles. The smallest absolute Gasteiger partial charge is 0.243 e. The summed E-state index contributed by atoms with van der Waals surface area (Å²) >= 11 is 1.45. The number of nitrogens with zero attached hydrogens (tertiary/aromatic N) is 4. The van der Waals surface area contributed by atoms with E-state index in [1.807, 2.05) is 41.0 Å². The number of rotatable bonds is 7. The molecule has 0 bridgehead atoms. The Labute approximate surface area is 203 Å². The van der Waals surface area contributed by atoms with Crippen LogP contribution in [0.5, 0.6) is 0 Å². The van der Waals surface area contributed by atoms with Crippen LogP contribution in [0.25, 0.3) is 11.4 Å². The van der Waals surface area contributed by atoms with Crippen molar-refractivity contribution in [1.82, 2.24) is 19.1 Å². The third kappa shape index (κ3) is 4.81. The third-order valence-electron chi connectivity index (χ3n) is 6.10. The Morgan fingerprint density at radius 1 is 1.03 bits per heavy atom. The SMILES string of the molecule is O=C1CCCC1Sc1nnc(-c2cccc(S(=O)(=O)N3CCOCC3)c2)n1Cc1ccccc1. The third-order valence-corrected chi connectivity index (χ3v) is 9.29. The number of carbonyl (C=O) groups is 1. The van der Waals surface area contributed by atoms with E-state index in [0.29, 0.717) is 55.8 Å². The summed E-state index contributed by atoms with van der Waals surface area (Å²) in [6.45, 7) is 1.99. The summed E-state index contributed by atoms with van der Waals surface area (Å²) in [6.07, 6.45) is 2.35. The second kappa shape index (κ2) is 9.99. The molecule has 1 aromatic heterocycles. The predicted molar refractivity (Wildman–Crippen MR) is 129 cm³/mol. The molecule has 1 saturated carbocycles.